The Morgan fingerprint density at radius 1 is 1.32 bits per heavy atom. The lowest BCUT2D eigenvalue weighted by Crippen LogP contribution is -2.42. The maximum atomic E-state index is 11.8. The van der Waals surface area contributed by atoms with Crippen LogP contribution < -0.4 is 10.6 Å². The molecule has 3 N–H and O–H groups in total. The van der Waals surface area contributed by atoms with E-state index in [-0.39, 0.29) is 18.7 Å². The molecule has 2 aliphatic rings. The summed E-state index contributed by atoms with van der Waals surface area (Å²) in [6, 6.07) is 0.515. The van der Waals surface area contributed by atoms with E-state index in [9.17, 15) is 4.79 Å². The molecule has 0 aromatic carbocycles. The molecule has 0 aliphatic heterocycles. The molecule has 19 heavy (non-hydrogen) atoms. The lowest BCUT2D eigenvalue weighted by molar-refractivity contribution is 0.232. The second-order valence-electron chi connectivity index (χ2n) is 6.29. The average Bonchev–Trinajstić information content (AvgIpc) is 3.16. The number of amides is 2. The first-order valence-corrected chi connectivity index (χ1v) is 7.88. The highest BCUT2D eigenvalue weighted by molar-refractivity contribution is 5.74. The molecule has 3 unspecified atom stereocenters. The summed E-state index contributed by atoms with van der Waals surface area (Å²) in [7, 11) is 0. The first-order chi connectivity index (χ1) is 9.20. The van der Waals surface area contributed by atoms with Gasteiger partial charge in [0.25, 0.3) is 0 Å². The van der Waals surface area contributed by atoms with Gasteiger partial charge in [0.2, 0.25) is 0 Å². The van der Waals surface area contributed by atoms with E-state index in [4.69, 9.17) is 5.11 Å². The number of carbonyl (C=O) groups excluding carboxylic acids is 1. The molecule has 2 rings (SSSR count). The van der Waals surface area contributed by atoms with E-state index < -0.39 is 0 Å². The molecule has 0 aromatic rings. The largest absolute Gasteiger partial charge is 0.396 e. The van der Waals surface area contributed by atoms with Crippen LogP contribution in [-0.4, -0.2) is 29.8 Å². The van der Waals surface area contributed by atoms with Gasteiger partial charge >= 0.3 is 6.03 Å². The molecule has 0 spiro atoms. The van der Waals surface area contributed by atoms with E-state index in [1.54, 1.807) is 0 Å². The van der Waals surface area contributed by atoms with Gasteiger partial charge < -0.3 is 15.7 Å². The van der Waals surface area contributed by atoms with Crippen LogP contribution in [0.25, 0.3) is 0 Å². The first kappa shape index (κ1) is 14.6. The fraction of sp³-hybridized carbons (Fsp3) is 0.933. The molecule has 2 amide bonds. The summed E-state index contributed by atoms with van der Waals surface area (Å²) in [5.74, 6) is 1.59. The molecular formula is C15H28N2O2. The van der Waals surface area contributed by atoms with Gasteiger partial charge in [-0.15, -0.1) is 0 Å². The number of urea groups is 1. The second-order valence-corrected chi connectivity index (χ2v) is 6.29. The Morgan fingerprint density at radius 2 is 2.05 bits per heavy atom. The van der Waals surface area contributed by atoms with E-state index in [0.29, 0.717) is 6.04 Å². The summed E-state index contributed by atoms with van der Waals surface area (Å²) < 4.78 is 0. The number of rotatable bonds is 6. The lowest BCUT2D eigenvalue weighted by atomic mass is 9.85. The van der Waals surface area contributed by atoms with Gasteiger partial charge in [-0.05, 0) is 38.0 Å². The molecule has 4 heteroatoms. The zero-order valence-corrected chi connectivity index (χ0v) is 12.0. The molecule has 0 bridgehead atoms. The van der Waals surface area contributed by atoms with E-state index >= 15 is 0 Å². The van der Waals surface area contributed by atoms with Gasteiger partial charge in [-0.25, -0.2) is 4.79 Å². The second kappa shape index (κ2) is 7.13. The highest BCUT2D eigenvalue weighted by Gasteiger charge is 2.43. The Morgan fingerprint density at radius 3 is 2.74 bits per heavy atom. The van der Waals surface area contributed by atoms with Gasteiger partial charge in [0.15, 0.2) is 0 Å². The Kier molecular flexibility index (Phi) is 5.49. The number of carbonyl (C=O) groups is 1. The SMILES string of the molecule is CC(CCCO)NC(=O)NC1CC1C1CCCCC1. The first-order valence-electron chi connectivity index (χ1n) is 7.88. The predicted octanol–water partition coefficient (Wildman–Crippen LogP) is 2.42. The van der Waals surface area contributed by atoms with Gasteiger partial charge in [0, 0.05) is 18.7 Å². The average molecular weight is 268 g/mol. The van der Waals surface area contributed by atoms with Crippen molar-refractivity contribution in [3.8, 4) is 0 Å². The third kappa shape index (κ3) is 4.68. The molecule has 0 saturated heterocycles. The molecule has 2 aliphatic carbocycles. The van der Waals surface area contributed by atoms with Crippen molar-refractivity contribution in [2.24, 2.45) is 11.8 Å². The highest BCUT2D eigenvalue weighted by Crippen LogP contribution is 2.44. The van der Waals surface area contributed by atoms with Crippen LogP contribution in [0.4, 0.5) is 4.79 Å². The molecule has 2 fully saturated rings. The van der Waals surface area contributed by atoms with Gasteiger partial charge in [-0.2, -0.15) is 0 Å². The van der Waals surface area contributed by atoms with Crippen molar-refractivity contribution in [2.75, 3.05) is 6.61 Å². The van der Waals surface area contributed by atoms with Gasteiger partial charge in [-0.3, -0.25) is 0 Å². The summed E-state index contributed by atoms with van der Waals surface area (Å²) in [6.07, 6.45) is 9.61. The van der Waals surface area contributed by atoms with Crippen LogP contribution in [0.2, 0.25) is 0 Å². The standard InChI is InChI=1S/C15H28N2O2/c1-11(6-5-9-18)16-15(19)17-14-10-13(14)12-7-3-2-4-8-12/h11-14,18H,2-10H2,1H3,(H2,16,17,19). The van der Waals surface area contributed by atoms with Crippen LogP contribution in [0.3, 0.4) is 0 Å². The van der Waals surface area contributed by atoms with Crippen molar-refractivity contribution >= 4 is 6.03 Å². The number of nitrogens with one attached hydrogen (secondary N) is 2. The maximum absolute atomic E-state index is 11.8. The van der Waals surface area contributed by atoms with E-state index in [0.717, 1.165) is 24.7 Å². The molecule has 0 heterocycles. The topological polar surface area (TPSA) is 61.4 Å². The predicted molar refractivity (Wildman–Crippen MR) is 75.9 cm³/mol. The summed E-state index contributed by atoms with van der Waals surface area (Å²) in [6.45, 7) is 2.18. The maximum Gasteiger partial charge on any atom is 0.315 e. The minimum Gasteiger partial charge on any atom is -0.396 e. The smallest absolute Gasteiger partial charge is 0.315 e. The highest BCUT2D eigenvalue weighted by atomic mass is 16.3. The van der Waals surface area contributed by atoms with Crippen LogP contribution in [0, 0.1) is 11.8 Å². The normalized spacial score (nSPS) is 28.7. The van der Waals surface area contributed by atoms with Crippen molar-refractivity contribution in [3.05, 3.63) is 0 Å². The fourth-order valence-electron chi connectivity index (χ4n) is 3.37. The molecule has 0 radical (unpaired) electrons. The van der Waals surface area contributed by atoms with Gasteiger partial charge in [0.1, 0.15) is 0 Å². The van der Waals surface area contributed by atoms with Crippen LogP contribution in [0.5, 0.6) is 0 Å². The number of hydrogen-bond donors (Lipinski definition) is 3. The summed E-state index contributed by atoms with van der Waals surface area (Å²) in [5, 5.41) is 14.8. The van der Waals surface area contributed by atoms with E-state index in [1.807, 2.05) is 6.92 Å². The molecule has 110 valence electrons. The Labute approximate surface area is 116 Å². The zero-order chi connectivity index (χ0) is 13.7. The monoisotopic (exact) mass is 268 g/mol. The van der Waals surface area contributed by atoms with Crippen molar-refractivity contribution in [2.45, 2.75) is 70.4 Å². The van der Waals surface area contributed by atoms with Crippen LogP contribution in [0.15, 0.2) is 0 Å². The zero-order valence-electron chi connectivity index (χ0n) is 12.0. The van der Waals surface area contributed by atoms with E-state index in [1.165, 1.54) is 38.5 Å². The molecule has 4 nitrogen and oxygen atoms in total. The molecule has 2 saturated carbocycles. The Balaban J connectivity index is 1.61. The summed E-state index contributed by atoms with van der Waals surface area (Å²) in [5.41, 5.74) is 0. The number of aliphatic hydroxyl groups excluding tert-OH is 1. The summed E-state index contributed by atoms with van der Waals surface area (Å²) in [4.78, 5) is 11.8. The number of hydrogen-bond acceptors (Lipinski definition) is 2. The van der Waals surface area contributed by atoms with Crippen molar-refractivity contribution < 1.29 is 9.90 Å². The Hall–Kier alpha value is -0.770. The van der Waals surface area contributed by atoms with Crippen molar-refractivity contribution in [1.29, 1.82) is 0 Å². The third-order valence-electron chi connectivity index (χ3n) is 4.58. The fourth-order valence-corrected chi connectivity index (χ4v) is 3.37. The van der Waals surface area contributed by atoms with Crippen molar-refractivity contribution in [3.63, 3.8) is 0 Å². The number of aliphatic hydroxyl groups is 1. The van der Waals surface area contributed by atoms with Crippen molar-refractivity contribution in [1.82, 2.24) is 10.6 Å². The molecule has 0 aromatic heterocycles. The molecule has 3 atom stereocenters. The minimum atomic E-state index is -0.0336. The van der Waals surface area contributed by atoms with Crippen LogP contribution in [0.1, 0.15) is 58.3 Å². The van der Waals surface area contributed by atoms with Crippen LogP contribution in [-0.2, 0) is 0 Å². The van der Waals surface area contributed by atoms with E-state index in [2.05, 4.69) is 10.6 Å². The summed E-state index contributed by atoms with van der Waals surface area (Å²) >= 11 is 0. The van der Waals surface area contributed by atoms with Gasteiger partial charge in [-0.1, -0.05) is 32.1 Å². The quantitative estimate of drug-likeness (QED) is 0.693. The molecular weight excluding hydrogens is 240 g/mol. The van der Waals surface area contributed by atoms with Gasteiger partial charge in [0.05, 0.1) is 0 Å². The lowest BCUT2D eigenvalue weighted by Gasteiger charge is -2.22. The van der Waals surface area contributed by atoms with Crippen LogP contribution >= 0.6 is 0 Å². The Bertz CT molecular complexity index is 290. The minimum absolute atomic E-state index is 0.0336. The third-order valence-corrected chi connectivity index (χ3v) is 4.58.